The lowest BCUT2D eigenvalue weighted by atomic mass is 10.1. The molecule has 0 unspecified atom stereocenters. The zero-order valence-corrected chi connectivity index (χ0v) is 13.4. The molecule has 20 heavy (non-hydrogen) atoms. The molecular formula is C15H16BrNO2S. The number of unbranched alkanes of at least 4 members (excludes halogenated alkanes) is 2. The molecule has 3 nitrogen and oxygen atoms in total. The molecule has 5 heteroatoms. The minimum absolute atomic E-state index is 0.266. The number of thiazole rings is 1. The van der Waals surface area contributed by atoms with E-state index in [0.29, 0.717) is 0 Å². The van der Waals surface area contributed by atoms with Gasteiger partial charge in [0.2, 0.25) is 0 Å². The Balaban J connectivity index is 1.83. The van der Waals surface area contributed by atoms with Gasteiger partial charge in [0.05, 0.1) is 9.88 Å². The number of benzene rings is 1. The number of carboxylic acids is 1. The molecule has 1 aromatic heterocycles. The monoisotopic (exact) mass is 353 g/mol. The van der Waals surface area contributed by atoms with E-state index >= 15 is 0 Å². The third-order valence-corrected chi connectivity index (χ3v) is 4.60. The van der Waals surface area contributed by atoms with Gasteiger partial charge in [-0.05, 0) is 37.0 Å². The normalized spacial score (nSPS) is 10.7. The van der Waals surface area contributed by atoms with Crippen molar-refractivity contribution < 1.29 is 9.90 Å². The maximum Gasteiger partial charge on any atom is 0.303 e. The Bertz CT molecular complexity index is 566. The smallest absolute Gasteiger partial charge is 0.303 e. The summed E-state index contributed by atoms with van der Waals surface area (Å²) in [5, 5.41) is 9.69. The standard InChI is InChI=1S/C15H16BrNO2S/c16-12-8-6-11(7-9-12)13-10-17-14(20-13)4-2-1-3-5-15(18)19/h6-10H,1-5H2,(H,18,19). The van der Waals surface area contributed by atoms with Crippen LogP contribution in [0.2, 0.25) is 0 Å². The van der Waals surface area contributed by atoms with Crippen LogP contribution in [0.1, 0.15) is 30.7 Å². The van der Waals surface area contributed by atoms with Crippen LogP contribution < -0.4 is 0 Å². The fourth-order valence-corrected chi connectivity index (χ4v) is 3.13. The van der Waals surface area contributed by atoms with Crippen LogP contribution in [0.4, 0.5) is 0 Å². The maximum absolute atomic E-state index is 10.4. The lowest BCUT2D eigenvalue weighted by molar-refractivity contribution is -0.137. The van der Waals surface area contributed by atoms with Crippen molar-refractivity contribution in [1.82, 2.24) is 4.98 Å². The van der Waals surface area contributed by atoms with Gasteiger partial charge >= 0.3 is 5.97 Å². The average molecular weight is 354 g/mol. The first-order valence-corrected chi connectivity index (χ1v) is 8.18. The number of aryl methyl sites for hydroxylation is 1. The number of hydrogen-bond donors (Lipinski definition) is 1. The summed E-state index contributed by atoms with van der Waals surface area (Å²) in [5.41, 5.74) is 1.18. The van der Waals surface area contributed by atoms with Crippen molar-refractivity contribution in [3.63, 3.8) is 0 Å². The van der Waals surface area contributed by atoms with Crippen LogP contribution in [0.5, 0.6) is 0 Å². The Hall–Kier alpha value is -1.20. The zero-order chi connectivity index (χ0) is 14.4. The van der Waals surface area contributed by atoms with Crippen LogP contribution in [0.25, 0.3) is 10.4 Å². The summed E-state index contributed by atoms with van der Waals surface area (Å²) < 4.78 is 1.07. The number of aromatic nitrogens is 1. The van der Waals surface area contributed by atoms with E-state index in [1.165, 1.54) is 10.4 Å². The van der Waals surface area contributed by atoms with E-state index in [9.17, 15) is 4.79 Å². The van der Waals surface area contributed by atoms with Crippen molar-refractivity contribution in [3.8, 4) is 10.4 Å². The predicted molar refractivity (Wildman–Crippen MR) is 85.1 cm³/mol. The fraction of sp³-hybridized carbons (Fsp3) is 0.333. The molecular weight excluding hydrogens is 338 g/mol. The molecule has 0 aliphatic rings. The molecule has 2 aromatic rings. The minimum atomic E-state index is -0.711. The number of hydrogen-bond acceptors (Lipinski definition) is 3. The molecule has 1 N–H and O–H groups in total. The highest BCUT2D eigenvalue weighted by Gasteiger charge is 2.05. The quantitative estimate of drug-likeness (QED) is 0.730. The summed E-state index contributed by atoms with van der Waals surface area (Å²) in [6, 6.07) is 8.21. The molecule has 106 valence electrons. The van der Waals surface area contributed by atoms with Gasteiger partial charge in [-0.1, -0.05) is 34.5 Å². The lowest BCUT2D eigenvalue weighted by Gasteiger charge is -1.97. The molecule has 0 amide bonds. The second kappa shape index (κ2) is 7.55. The van der Waals surface area contributed by atoms with Gasteiger partial charge in [0, 0.05) is 17.1 Å². The fourth-order valence-electron chi connectivity index (χ4n) is 1.90. The summed E-state index contributed by atoms with van der Waals surface area (Å²) in [5.74, 6) is -0.711. The van der Waals surface area contributed by atoms with Crippen molar-refractivity contribution in [2.24, 2.45) is 0 Å². The molecule has 0 spiro atoms. The average Bonchev–Trinajstić information content (AvgIpc) is 2.87. The second-order valence-electron chi connectivity index (χ2n) is 4.58. The highest BCUT2D eigenvalue weighted by molar-refractivity contribution is 9.10. The van der Waals surface area contributed by atoms with Crippen LogP contribution in [-0.4, -0.2) is 16.1 Å². The molecule has 0 aliphatic carbocycles. The number of carboxylic acid groups (broad SMARTS) is 1. The van der Waals surface area contributed by atoms with Crippen LogP contribution in [-0.2, 0) is 11.2 Å². The van der Waals surface area contributed by atoms with Gasteiger partial charge in [0.15, 0.2) is 0 Å². The van der Waals surface area contributed by atoms with Crippen molar-refractivity contribution in [2.45, 2.75) is 32.1 Å². The molecule has 0 saturated carbocycles. The van der Waals surface area contributed by atoms with E-state index in [2.05, 4.69) is 33.0 Å². The second-order valence-corrected chi connectivity index (χ2v) is 6.61. The first-order valence-electron chi connectivity index (χ1n) is 6.57. The van der Waals surface area contributed by atoms with Gasteiger partial charge in [-0.2, -0.15) is 0 Å². The third kappa shape index (κ3) is 4.72. The molecule has 0 bridgehead atoms. The Morgan fingerprint density at radius 1 is 1.20 bits per heavy atom. The third-order valence-electron chi connectivity index (χ3n) is 2.96. The highest BCUT2D eigenvalue weighted by atomic mass is 79.9. The Morgan fingerprint density at radius 3 is 2.65 bits per heavy atom. The minimum Gasteiger partial charge on any atom is -0.481 e. The molecule has 0 fully saturated rings. The first-order chi connectivity index (χ1) is 9.65. The van der Waals surface area contributed by atoms with Crippen molar-refractivity contribution in [2.75, 3.05) is 0 Å². The Kier molecular flexibility index (Phi) is 5.73. The molecule has 0 radical (unpaired) electrons. The largest absolute Gasteiger partial charge is 0.481 e. The van der Waals surface area contributed by atoms with Gasteiger partial charge in [-0.3, -0.25) is 4.79 Å². The van der Waals surface area contributed by atoms with Crippen LogP contribution in [0.3, 0.4) is 0 Å². The summed E-state index contributed by atoms with van der Waals surface area (Å²) >= 11 is 5.14. The van der Waals surface area contributed by atoms with E-state index in [0.717, 1.165) is 35.2 Å². The van der Waals surface area contributed by atoms with E-state index in [1.807, 2.05) is 18.3 Å². The summed E-state index contributed by atoms with van der Waals surface area (Å²) in [6.45, 7) is 0. The number of carbonyl (C=O) groups is 1. The SMILES string of the molecule is O=C(O)CCCCCc1ncc(-c2ccc(Br)cc2)s1. The number of nitrogens with zero attached hydrogens (tertiary/aromatic N) is 1. The van der Waals surface area contributed by atoms with Crippen molar-refractivity contribution >= 4 is 33.2 Å². The van der Waals surface area contributed by atoms with E-state index in [1.54, 1.807) is 11.3 Å². The number of aliphatic carboxylic acids is 1. The summed E-state index contributed by atoms with van der Waals surface area (Å²) in [7, 11) is 0. The summed E-state index contributed by atoms with van der Waals surface area (Å²) in [6.07, 6.45) is 5.81. The van der Waals surface area contributed by atoms with Gasteiger partial charge in [-0.25, -0.2) is 4.98 Å². The Labute approximate surface area is 130 Å². The lowest BCUT2D eigenvalue weighted by Crippen LogP contribution is -1.94. The van der Waals surface area contributed by atoms with Gasteiger partial charge in [0.1, 0.15) is 0 Å². The number of rotatable bonds is 7. The molecule has 1 aromatic carbocycles. The van der Waals surface area contributed by atoms with Crippen LogP contribution in [0.15, 0.2) is 34.9 Å². The van der Waals surface area contributed by atoms with Crippen LogP contribution in [0, 0.1) is 0 Å². The predicted octanol–water partition coefficient (Wildman–Crippen LogP) is 4.76. The van der Waals surface area contributed by atoms with Crippen molar-refractivity contribution in [1.29, 1.82) is 0 Å². The zero-order valence-electron chi connectivity index (χ0n) is 11.0. The molecule has 0 aliphatic heterocycles. The molecule has 0 atom stereocenters. The highest BCUT2D eigenvalue weighted by Crippen LogP contribution is 2.28. The van der Waals surface area contributed by atoms with Gasteiger partial charge in [-0.15, -0.1) is 11.3 Å². The van der Waals surface area contributed by atoms with E-state index < -0.39 is 5.97 Å². The van der Waals surface area contributed by atoms with Gasteiger partial charge in [0.25, 0.3) is 0 Å². The first kappa shape index (κ1) is 15.2. The molecule has 2 rings (SSSR count). The van der Waals surface area contributed by atoms with Crippen LogP contribution >= 0.6 is 27.3 Å². The van der Waals surface area contributed by atoms with E-state index in [4.69, 9.17) is 5.11 Å². The Morgan fingerprint density at radius 2 is 1.95 bits per heavy atom. The maximum atomic E-state index is 10.4. The molecule has 1 heterocycles. The molecule has 0 saturated heterocycles. The van der Waals surface area contributed by atoms with Gasteiger partial charge < -0.3 is 5.11 Å². The number of halogens is 1. The topological polar surface area (TPSA) is 50.2 Å². The summed E-state index contributed by atoms with van der Waals surface area (Å²) in [4.78, 5) is 16.0. The van der Waals surface area contributed by atoms with Crippen molar-refractivity contribution in [3.05, 3.63) is 39.9 Å². The van der Waals surface area contributed by atoms with E-state index in [-0.39, 0.29) is 6.42 Å².